The average Bonchev–Trinajstić information content (AvgIpc) is 2.83. The fourth-order valence-corrected chi connectivity index (χ4v) is 3.80. The number of hydrogen-bond donors (Lipinski definition) is 3. The molecule has 5 heteroatoms. The number of aromatic hydroxyl groups is 1. The van der Waals surface area contributed by atoms with E-state index < -0.39 is 0 Å². The van der Waals surface area contributed by atoms with Crippen LogP contribution in [-0.2, 0) is 21.4 Å². The number of benzene rings is 1. The first-order chi connectivity index (χ1) is 17.1. The largest absolute Gasteiger partial charge is 0.505 e. The first-order valence-corrected chi connectivity index (χ1v) is 13.5. The predicted octanol–water partition coefficient (Wildman–Crippen LogP) is 7.97. The van der Waals surface area contributed by atoms with Crippen molar-refractivity contribution in [3.63, 3.8) is 0 Å². The van der Waals surface area contributed by atoms with Gasteiger partial charge >= 0.3 is 5.97 Å². The van der Waals surface area contributed by atoms with Crippen LogP contribution in [0.2, 0.25) is 0 Å². The van der Waals surface area contributed by atoms with Gasteiger partial charge in [0.05, 0.1) is 18.0 Å². The molecule has 4 N–H and O–H groups in total. The van der Waals surface area contributed by atoms with E-state index >= 15 is 0 Å². The van der Waals surface area contributed by atoms with Crippen LogP contribution in [0.5, 0.6) is 5.75 Å². The summed E-state index contributed by atoms with van der Waals surface area (Å²) < 4.78 is 5.30. The van der Waals surface area contributed by atoms with Gasteiger partial charge in [0, 0.05) is 12.0 Å². The van der Waals surface area contributed by atoms with Crippen LogP contribution in [-0.4, -0.2) is 23.4 Å². The van der Waals surface area contributed by atoms with Gasteiger partial charge in [0.2, 0.25) is 0 Å². The molecule has 0 aliphatic heterocycles. The van der Waals surface area contributed by atoms with Gasteiger partial charge in [-0.15, -0.1) is 0 Å². The molecule has 1 aromatic rings. The molecule has 1 aromatic carbocycles. The molecule has 0 saturated carbocycles. The second kappa shape index (κ2) is 16.8. The Morgan fingerprint density at radius 3 is 2.33 bits per heavy atom. The third kappa shape index (κ3) is 12.2. The van der Waals surface area contributed by atoms with E-state index in [0.29, 0.717) is 30.8 Å². The number of nitrogens with one attached hydrogen (secondary N) is 1. The van der Waals surface area contributed by atoms with Crippen molar-refractivity contribution in [3.05, 3.63) is 59.2 Å². The number of carbonyl (C=O) groups is 1. The maximum absolute atomic E-state index is 11.9. The number of esters is 1. The molecule has 5 nitrogen and oxygen atoms in total. The van der Waals surface area contributed by atoms with E-state index in [1.807, 2.05) is 51.1 Å². The lowest BCUT2D eigenvalue weighted by Gasteiger charge is -2.22. The van der Waals surface area contributed by atoms with Gasteiger partial charge in [-0.3, -0.25) is 4.79 Å². The first-order valence-electron chi connectivity index (χ1n) is 13.5. The minimum absolute atomic E-state index is 0.141. The minimum Gasteiger partial charge on any atom is -0.505 e. The molecule has 0 amide bonds. The van der Waals surface area contributed by atoms with Crippen LogP contribution >= 0.6 is 0 Å². The Hall–Kier alpha value is -2.82. The summed E-state index contributed by atoms with van der Waals surface area (Å²) in [6.07, 6.45) is 20.0. The number of allylic oxidation sites excluding steroid dienone is 6. The molecule has 0 radical (unpaired) electrons. The van der Waals surface area contributed by atoms with Crippen molar-refractivity contribution in [2.24, 2.45) is 0 Å². The van der Waals surface area contributed by atoms with E-state index in [1.165, 1.54) is 25.7 Å². The van der Waals surface area contributed by atoms with Crippen molar-refractivity contribution in [2.45, 2.75) is 104 Å². The number of carbonyl (C=O) groups excluding carboxylic acids is 1. The maximum Gasteiger partial charge on any atom is 0.306 e. The molecule has 0 unspecified atom stereocenters. The lowest BCUT2D eigenvalue weighted by Crippen LogP contribution is -2.13. The summed E-state index contributed by atoms with van der Waals surface area (Å²) in [4.78, 5) is 11.9. The number of ether oxygens (including phenoxy) is 1. The molecule has 0 heterocycles. The van der Waals surface area contributed by atoms with Gasteiger partial charge in [-0.1, -0.05) is 104 Å². The number of aryl methyl sites for hydroxylation is 1. The molecule has 200 valence electrons. The van der Waals surface area contributed by atoms with Crippen LogP contribution in [0.4, 0.5) is 5.69 Å². The number of hydrogen-bond acceptors (Lipinski definition) is 5. The highest BCUT2D eigenvalue weighted by atomic mass is 16.5. The molecule has 0 fully saturated rings. The van der Waals surface area contributed by atoms with Gasteiger partial charge in [-0.05, 0) is 48.0 Å². The summed E-state index contributed by atoms with van der Waals surface area (Å²) in [7, 11) is 0. The van der Waals surface area contributed by atoms with Crippen LogP contribution in [0.1, 0.15) is 104 Å². The summed E-state index contributed by atoms with van der Waals surface area (Å²) in [5.74, 6) is -0.0283. The van der Waals surface area contributed by atoms with Crippen LogP contribution in [0, 0.1) is 5.41 Å². The van der Waals surface area contributed by atoms with E-state index in [0.717, 1.165) is 42.4 Å². The van der Waals surface area contributed by atoms with Crippen LogP contribution in [0.15, 0.2) is 48.1 Å². The fraction of sp³-hybridized carbons (Fsp3) is 0.548. The summed E-state index contributed by atoms with van der Waals surface area (Å²) in [5.41, 5.74) is 9.51. The Labute approximate surface area is 219 Å². The van der Waals surface area contributed by atoms with Crippen molar-refractivity contribution in [2.75, 3.05) is 12.3 Å². The number of unbranched alkanes of at least 4 members (excludes halogenated alkanes) is 6. The van der Waals surface area contributed by atoms with Crippen molar-refractivity contribution in [3.8, 4) is 5.75 Å². The zero-order valence-electron chi connectivity index (χ0n) is 23.2. The van der Waals surface area contributed by atoms with E-state index in [-0.39, 0.29) is 17.1 Å². The Kier molecular flexibility index (Phi) is 14.5. The smallest absolute Gasteiger partial charge is 0.306 e. The fourth-order valence-electron chi connectivity index (χ4n) is 3.80. The summed E-state index contributed by atoms with van der Waals surface area (Å²) in [6.45, 7) is 10.9. The average molecular weight is 497 g/mol. The topological polar surface area (TPSA) is 96.4 Å². The zero-order valence-corrected chi connectivity index (χ0v) is 23.2. The minimum atomic E-state index is -0.202. The molecule has 0 bridgehead atoms. The Bertz CT molecular complexity index is 920. The van der Waals surface area contributed by atoms with Gasteiger partial charge in [0.1, 0.15) is 5.75 Å². The van der Waals surface area contributed by atoms with Gasteiger partial charge in [-0.25, -0.2) is 0 Å². The van der Waals surface area contributed by atoms with E-state index in [4.69, 9.17) is 15.9 Å². The van der Waals surface area contributed by atoms with Crippen LogP contribution in [0.25, 0.3) is 0 Å². The predicted molar refractivity (Wildman–Crippen MR) is 153 cm³/mol. The maximum atomic E-state index is 11.9. The normalized spacial score (nSPS) is 14.0. The number of phenolic OH excluding ortho intramolecular Hbond substituents is 1. The molecule has 36 heavy (non-hydrogen) atoms. The molecule has 1 aliphatic carbocycles. The zero-order chi connectivity index (χ0) is 27.0. The number of phenols is 1. The third-order valence-electron chi connectivity index (χ3n) is 6.00. The molecule has 0 saturated heterocycles. The molecule has 0 spiro atoms. The monoisotopic (exact) mass is 496 g/mol. The molecule has 0 atom stereocenters. The summed E-state index contributed by atoms with van der Waals surface area (Å²) >= 11 is 0. The van der Waals surface area contributed by atoms with Crippen molar-refractivity contribution >= 4 is 17.4 Å². The van der Waals surface area contributed by atoms with E-state index in [1.54, 1.807) is 6.07 Å². The molecular formula is C31H48N2O3. The highest BCUT2D eigenvalue weighted by molar-refractivity contribution is 6.09. The number of nitrogen functional groups attached to an aromatic ring is 1. The van der Waals surface area contributed by atoms with Gasteiger partial charge < -0.3 is 21.0 Å². The standard InChI is InChI=1S/C21H35NO3.C10H13N/c1-5-6-7-8-9-10-13-25-19(23)12-11-16-14-17(21(2,3)4)20(24)18(22)15-16;1-2-3-6-9-7-4-5-8-10(9)11/h14-15,24H,5-13,22H2,1-4H3;4-8,11H,2-3H2,1H3/b;9-6+,11-10?. The lowest BCUT2D eigenvalue weighted by molar-refractivity contribution is -0.143. The Morgan fingerprint density at radius 1 is 1.03 bits per heavy atom. The summed E-state index contributed by atoms with van der Waals surface area (Å²) in [5, 5.41) is 17.7. The van der Waals surface area contributed by atoms with Gasteiger partial charge in [0.25, 0.3) is 0 Å². The second-order valence-electron chi connectivity index (χ2n) is 10.4. The van der Waals surface area contributed by atoms with E-state index in [2.05, 4.69) is 19.9 Å². The molecule has 0 aromatic heterocycles. The highest BCUT2D eigenvalue weighted by Gasteiger charge is 2.20. The van der Waals surface area contributed by atoms with Crippen molar-refractivity contribution in [1.82, 2.24) is 0 Å². The Morgan fingerprint density at radius 2 is 1.69 bits per heavy atom. The Balaban J connectivity index is 0.000000488. The molecule has 2 rings (SSSR count). The third-order valence-corrected chi connectivity index (χ3v) is 6.00. The number of anilines is 1. The molecular weight excluding hydrogens is 448 g/mol. The van der Waals surface area contributed by atoms with Crippen LogP contribution in [0.3, 0.4) is 0 Å². The first kappa shape index (κ1) is 31.2. The number of nitrogens with two attached hydrogens (primary N) is 1. The van der Waals surface area contributed by atoms with E-state index in [9.17, 15) is 9.90 Å². The van der Waals surface area contributed by atoms with Crippen LogP contribution < -0.4 is 5.73 Å². The summed E-state index contributed by atoms with van der Waals surface area (Å²) in [6, 6.07) is 3.68. The second-order valence-corrected chi connectivity index (χ2v) is 10.4. The molecule has 1 aliphatic rings. The van der Waals surface area contributed by atoms with Gasteiger partial charge in [-0.2, -0.15) is 0 Å². The lowest BCUT2D eigenvalue weighted by atomic mass is 9.84. The number of rotatable bonds is 12. The van der Waals surface area contributed by atoms with Crippen molar-refractivity contribution < 1.29 is 14.6 Å². The highest BCUT2D eigenvalue weighted by Crippen LogP contribution is 2.36. The quantitative estimate of drug-likeness (QED) is 0.118. The SMILES string of the molecule is CCC/C=C1\C=CC=CC1=N.CCCCCCCCOC(=O)CCc1cc(N)c(O)c(C(C)(C)C)c1. The van der Waals surface area contributed by atoms with Crippen molar-refractivity contribution in [1.29, 1.82) is 5.41 Å². The van der Waals surface area contributed by atoms with Gasteiger partial charge in [0.15, 0.2) is 0 Å².